The van der Waals surface area contributed by atoms with Gasteiger partial charge in [0.05, 0.1) is 23.0 Å². The summed E-state index contributed by atoms with van der Waals surface area (Å²) in [7, 11) is -4.04. The number of nitrogens with zero attached hydrogens (tertiary/aromatic N) is 1. The molecular formula is C21H25FN2O5S. The second-order valence-corrected chi connectivity index (χ2v) is 9.84. The maximum absolute atomic E-state index is 13.4. The van der Waals surface area contributed by atoms with Gasteiger partial charge >= 0.3 is 5.97 Å². The Bertz CT molecular complexity index is 1030. The first kappa shape index (κ1) is 22.0. The van der Waals surface area contributed by atoms with Gasteiger partial charge in [0.15, 0.2) is 0 Å². The van der Waals surface area contributed by atoms with Crippen molar-refractivity contribution in [1.82, 2.24) is 0 Å². The Balaban J connectivity index is 2.00. The van der Waals surface area contributed by atoms with Crippen molar-refractivity contribution in [3.8, 4) is 5.75 Å². The van der Waals surface area contributed by atoms with E-state index in [1.165, 1.54) is 16.4 Å². The van der Waals surface area contributed by atoms with Crippen molar-refractivity contribution in [2.24, 2.45) is 5.73 Å². The third kappa shape index (κ3) is 4.73. The summed E-state index contributed by atoms with van der Waals surface area (Å²) in [5.41, 5.74) is 6.04. The molecule has 0 fully saturated rings. The summed E-state index contributed by atoms with van der Waals surface area (Å²) in [5, 5.41) is 0. The summed E-state index contributed by atoms with van der Waals surface area (Å²) in [5.74, 6) is -0.604. The number of hydrogen-bond acceptors (Lipinski definition) is 6. The second-order valence-electron chi connectivity index (χ2n) is 8.02. The van der Waals surface area contributed by atoms with E-state index in [9.17, 15) is 17.6 Å². The molecule has 0 amide bonds. The van der Waals surface area contributed by atoms with Crippen molar-refractivity contribution in [1.29, 1.82) is 0 Å². The van der Waals surface area contributed by atoms with Gasteiger partial charge in [-0.15, -0.1) is 0 Å². The Morgan fingerprint density at radius 3 is 2.50 bits per heavy atom. The van der Waals surface area contributed by atoms with Crippen LogP contribution in [0.4, 0.5) is 10.1 Å². The molecule has 1 atom stereocenters. The van der Waals surface area contributed by atoms with Crippen LogP contribution in [0.25, 0.3) is 0 Å². The van der Waals surface area contributed by atoms with Gasteiger partial charge in [0.25, 0.3) is 10.0 Å². The molecule has 0 saturated heterocycles. The molecular weight excluding hydrogens is 411 g/mol. The topological polar surface area (TPSA) is 98.9 Å². The monoisotopic (exact) mass is 436 g/mol. The highest BCUT2D eigenvalue weighted by Crippen LogP contribution is 2.38. The van der Waals surface area contributed by atoms with E-state index in [0.29, 0.717) is 11.3 Å². The van der Waals surface area contributed by atoms with Crippen LogP contribution in [-0.2, 0) is 26.0 Å². The molecule has 9 heteroatoms. The smallest absolute Gasteiger partial charge is 0.310 e. The molecule has 0 bridgehead atoms. The van der Waals surface area contributed by atoms with Crippen LogP contribution >= 0.6 is 0 Å². The minimum atomic E-state index is -4.04. The van der Waals surface area contributed by atoms with Crippen LogP contribution in [-0.4, -0.2) is 39.2 Å². The standard InChI is InChI=1S/C21H25FN2O5S/c1-21(2,3)29-20(25)11-14-4-9-19-18(10-14)24(16(12-23)13-28-19)30(26,27)17-7-5-15(22)6-8-17/h4-10,16H,11-13,23H2,1-3H3. The Morgan fingerprint density at radius 1 is 1.23 bits per heavy atom. The highest BCUT2D eigenvalue weighted by atomic mass is 32.2. The normalized spacial score (nSPS) is 16.6. The van der Waals surface area contributed by atoms with E-state index < -0.39 is 33.5 Å². The van der Waals surface area contributed by atoms with Gasteiger partial charge in [0, 0.05) is 6.54 Å². The zero-order valence-corrected chi connectivity index (χ0v) is 17.9. The summed E-state index contributed by atoms with van der Waals surface area (Å²) >= 11 is 0. The predicted molar refractivity (Wildman–Crippen MR) is 110 cm³/mol. The minimum Gasteiger partial charge on any atom is -0.489 e. The van der Waals surface area contributed by atoms with Crippen LogP contribution in [0.5, 0.6) is 5.75 Å². The molecule has 2 N–H and O–H groups in total. The van der Waals surface area contributed by atoms with Crippen molar-refractivity contribution >= 4 is 21.7 Å². The highest BCUT2D eigenvalue weighted by molar-refractivity contribution is 7.92. The third-order valence-corrected chi connectivity index (χ3v) is 6.32. The third-order valence-electron chi connectivity index (χ3n) is 4.43. The number of esters is 1. The fraction of sp³-hybridized carbons (Fsp3) is 0.381. The highest BCUT2D eigenvalue weighted by Gasteiger charge is 2.37. The van der Waals surface area contributed by atoms with E-state index in [0.717, 1.165) is 12.1 Å². The predicted octanol–water partition coefficient (Wildman–Crippen LogP) is 2.62. The molecule has 162 valence electrons. The molecule has 30 heavy (non-hydrogen) atoms. The summed E-state index contributed by atoms with van der Waals surface area (Å²) in [6.45, 7) is 5.42. The molecule has 2 aromatic carbocycles. The molecule has 0 radical (unpaired) electrons. The van der Waals surface area contributed by atoms with Gasteiger partial charge in [0.1, 0.15) is 23.8 Å². The summed E-state index contributed by atoms with van der Waals surface area (Å²) in [4.78, 5) is 12.1. The van der Waals surface area contributed by atoms with E-state index in [1.807, 2.05) is 0 Å². The Kier molecular flexibility index (Phi) is 6.05. The lowest BCUT2D eigenvalue weighted by Gasteiger charge is -2.37. The summed E-state index contributed by atoms with van der Waals surface area (Å²) in [6, 6.07) is 8.83. The van der Waals surface area contributed by atoms with Crippen molar-refractivity contribution in [3.05, 3.63) is 53.8 Å². The lowest BCUT2D eigenvalue weighted by Crippen LogP contribution is -2.50. The largest absolute Gasteiger partial charge is 0.489 e. The maximum atomic E-state index is 13.4. The number of sulfonamides is 1. The summed E-state index contributed by atoms with van der Waals surface area (Å²) < 4.78 is 52.2. The Labute approximate surface area is 175 Å². The maximum Gasteiger partial charge on any atom is 0.310 e. The number of hydrogen-bond donors (Lipinski definition) is 1. The molecule has 3 rings (SSSR count). The lowest BCUT2D eigenvalue weighted by molar-refractivity contribution is -0.153. The Hall–Kier alpha value is -2.65. The van der Waals surface area contributed by atoms with Gasteiger partial charge in [-0.05, 0) is 62.7 Å². The first-order chi connectivity index (χ1) is 14.0. The number of rotatable bonds is 5. The first-order valence-electron chi connectivity index (χ1n) is 9.49. The number of nitrogens with two attached hydrogens (primary N) is 1. The zero-order chi connectivity index (χ0) is 22.1. The first-order valence-corrected chi connectivity index (χ1v) is 10.9. The molecule has 2 aromatic rings. The van der Waals surface area contributed by atoms with Crippen LogP contribution in [0.3, 0.4) is 0 Å². The van der Waals surface area contributed by atoms with Crippen molar-refractivity contribution in [2.45, 2.75) is 43.7 Å². The zero-order valence-electron chi connectivity index (χ0n) is 17.1. The average Bonchev–Trinajstić information content (AvgIpc) is 2.65. The van der Waals surface area contributed by atoms with E-state index in [1.54, 1.807) is 39.0 Å². The van der Waals surface area contributed by atoms with Crippen LogP contribution in [0.1, 0.15) is 26.3 Å². The van der Waals surface area contributed by atoms with Crippen LogP contribution in [0.2, 0.25) is 0 Å². The summed E-state index contributed by atoms with van der Waals surface area (Å²) in [6.07, 6.45) is -0.0255. The number of carbonyl (C=O) groups excluding carboxylic acids is 1. The molecule has 1 aliphatic rings. The lowest BCUT2D eigenvalue weighted by atomic mass is 10.1. The number of benzene rings is 2. The quantitative estimate of drug-likeness (QED) is 0.724. The van der Waals surface area contributed by atoms with Gasteiger partial charge in [-0.2, -0.15) is 0 Å². The van der Waals surface area contributed by atoms with E-state index in [4.69, 9.17) is 15.2 Å². The van der Waals surface area contributed by atoms with E-state index in [2.05, 4.69) is 0 Å². The molecule has 7 nitrogen and oxygen atoms in total. The van der Waals surface area contributed by atoms with Gasteiger partial charge in [-0.1, -0.05) is 6.07 Å². The van der Waals surface area contributed by atoms with Crippen molar-refractivity contribution < 1.29 is 27.1 Å². The SMILES string of the molecule is CC(C)(C)OC(=O)Cc1ccc2c(c1)N(S(=O)(=O)c1ccc(F)cc1)C(CN)CO2. The van der Waals surface area contributed by atoms with Crippen LogP contribution < -0.4 is 14.8 Å². The number of ether oxygens (including phenoxy) is 2. The molecule has 0 spiro atoms. The Morgan fingerprint density at radius 2 is 1.90 bits per heavy atom. The van der Waals surface area contributed by atoms with Gasteiger partial charge < -0.3 is 15.2 Å². The number of anilines is 1. The number of halogens is 1. The number of carbonyl (C=O) groups is 1. The minimum absolute atomic E-state index is 0.0240. The molecule has 0 aromatic heterocycles. The van der Waals surface area contributed by atoms with Crippen molar-refractivity contribution in [3.63, 3.8) is 0 Å². The molecule has 1 aliphatic heterocycles. The van der Waals surface area contributed by atoms with E-state index in [-0.39, 0.29) is 30.2 Å². The van der Waals surface area contributed by atoms with E-state index >= 15 is 0 Å². The molecule has 0 saturated carbocycles. The van der Waals surface area contributed by atoms with Gasteiger partial charge in [0.2, 0.25) is 0 Å². The van der Waals surface area contributed by atoms with Gasteiger partial charge in [-0.25, -0.2) is 12.8 Å². The molecule has 1 unspecified atom stereocenters. The van der Waals surface area contributed by atoms with Gasteiger partial charge in [-0.3, -0.25) is 9.10 Å². The number of fused-ring (bicyclic) bond motifs is 1. The van der Waals surface area contributed by atoms with Crippen molar-refractivity contribution in [2.75, 3.05) is 17.5 Å². The average molecular weight is 437 g/mol. The fourth-order valence-corrected chi connectivity index (χ4v) is 4.82. The van der Waals surface area contributed by atoms with Crippen LogP contribution in [0, 0.1) is 5.82 Å². The molecule has 0 aliphatic carbocycles. The van der Waals surface area contributed by atoms with Crippen LogP contribution in [0.15, 0.2) is 47.4 Å². The molecule has 1 heterocycles. The second kappa shape index (κ2) is 8.23. The fourth-order valence-electron chi connectivity index (χ4n) is 3.17.